The smallest absolute Gasteiger partial charge is 0.331 e. The fourth-order valence-corrected chi connectivity index (χ4v) is 3.74. The summed E-state index contributed by atoms with van der Waals surface area (Å²) in [5, 5.41) is 12.8. The number of benzene rings is 1. The molecule has 0 aliphatic carbocycles. The largest absolute Gasteiger partial charge is 0.478 e. The van der Waals surface area contributed by atoms with E-state index in [1.165, 1.54) is 0 Å². The van der Waals surface area contributed by atoms with Crippen molar-refractivity contribution in [2.75, 3.05) is 6.54 Å². The van der Waals surface area contributed by atoms with Crippen molar-refractivity contribution < 1.29 is 14.7 Å². The average molecular weight is 480 g/mol. The third-order valence-corrected chi connectivity index (χ3v) is 5.57. The molecule has 0 radical (unpaired) electrons. The molecular formula is C29H34ClNO3. The zero-order valence-electron chi connectivity index (χ0n) is 20.0. The van der Waals surface area contributed by atoms with Crippen molar-refractivity contribution in [3.63, 3.8) is 0 Å². The first-order valence-corrected chi connectivity index (χ1v) is 11.5. The Bertz CT molecular complexity index is 1030. The maximum atomic E-state index is 12.9. The lowest BCUT2D eigenvalue weighted by Crippen LogP contribution is -2.30. The van der Waals surface area contributed by atoms with E-state index in [-0.39, 0.29) is 17.1 Å². The Morgan fingerprint density at radius 2 is 1.88 bits per heavy atom. The number of hydrogen-bond acceptors (Lipinski definition) is 2. The minimum atomic E-state index is -1.20. The van der Waals surface area contributed by atoms with Crippen LogP contribution in [0.15, 0.2) is 109 Å². The number of nitrogens with one attached hydrogen (secondary N) is 1. The Kier molecular flexibility index (Phi) is 12.4. The van der Waals surface area contributed by atoms with E-state index >= 15 is 0 Å². The first-order chi connectivity index (χ1) is 16.2. The number of carboxylic acids is 1. The van der Waals surface area contributed by atoms with Gasteiger partial charge in [-0.15, -0.1) is 0 Å². The summed E-state index contributed by atoms with van der Waals surface area (Å²) in [5.41, 5.74) is 2.49. The molecule has 2 N–H and O–H groups in total. The lowest BCUT2D eigenvalue weighted by molar-refractivity contribution is -0.132. The molecule has 34 heavy (non-hydrogen) atoms. The third-order valence-electron chi connectivity index (χ3n) is 5.34. The third kappa shape index (κ3) is 8.53. The number of carbonyl (C=O) groups is 2. The summed E-state index contributed by atoms with van der Waals surface area (Å²) in [4.78, 5) is 24.6. The van der Waals surface area contributed by atoms with Gasteiger partial charge in [0.15, 0.2) is 0 Å². The van der Waals surface area contributed by atoms with Crippen molar-refractivity contribution in [2.45, 2.75) is 32.6 Å². The lowest BCUT2D eigenvalue weighted by Gasteiger charge is -2.22. The van der Waals surface area contributed by atoms with Crippen LogP contribution in [0.25, 0.3) is 0 Å². The van der Waals surface area contributed by atoms with Crippen LogP contribution in [-0.4, -0.2) is 23.5 Å². The van der Waals surface area contributed by atoms with E-state index in [9.17, 15) is 14.7 Å². The fourth-order valence-electron chi connectivity index (χ4n) is 3.54. The molecule has 180 valence electrons. The van der Waals surface area contributed by atoms with Crippen LogP contribution in [0.1, 0.15) is 38.2 Å². The van der Waals surface area contributed by atoms with Crippen LogP contribution < -0.4 is 5.32 Å². The maximum Gasteiger partial charge on any atom is 0.331 e. The van der Waals surface area contributed by atoms with Crippen LogP contribution in [0.3, 0.4) is 0 Å². The summed E-state index contributed by atoms with van der Waals surface area (Å²) in [5.74, 6) is -2.54. The van der Waals surface area contributed by atoms with Gasteiger partial charge in [-0.05, 0) is 48.6 Å². The van der Waals surface area contributed by atoms with Gasteiger partial charge >= 0.3 is 5.97 Å². The molecule has 0 aliphatic heterocycles. The second-order valence-electron chi connectivity index (χ2n) is 7.71. The molecule has 0 bridgehead atoms. The van der Waals surface area contributed by atoms with E-state index in [2.05, 4.69) is 38.6 Å². The number of carbonyl (C=O) groups excluding carboxylic acids is 1. The van der Waals surface area contributed by atoms with Gasteiger partial charge in [0.05, 0.1) is 0 Å². The number of amides is 1. The van der Waals surface area contributed by atoms with Gasteiger partial charge < -0.3 is 10.4 Å². The molecular weight excluding hydrogens is 446 g/mol. The lowest BCUT2D eigenvalue weighted by atomic mass is 9.85. The monoisotopic (exact) mass is 479 g/mol. The van der Waals surface area contributed by atoms with Crippen molar-refractivity contribution in [3.8, 4) is 0 Å². The van der Waals surface area contributed by atoms with Gasteiger partial charge in [-0.3, -0.25) is 4.79 Å². The highest BCUT2D eigenvalue weighted by Crippen LogP contribution is 2.32. The Balaban J connectivity index is 3.05. The number of hydrogen-bond donors (Lipinski definition) is 2. The minimum absolute atomic E-state index is 0.00437. The summed E-state index contributed by atoms with van der Waals surface area (Å²) in [6.07, 6.45) is 13.1. The molecule has 0 fully saturated rings. The van der Waals surface area contributed by atoms with Crippen LogP contribution in [-0.2, 0) is 9.59 Å². The fraction of sp³-hybridized carbons (Fsp3) is 0.241. The molecule has 0 heterocycles. The van der Waals surface area contributed by atoms with Crippen molar-refractivity contribution in [1.29, 1.82) is 0 Å². The predicted octanol–water partition coefficient (Wildman–Crippen LogP) is 6.95. The van der Waals surface area contributed by atoms with Crippen molar-refractivity contribution in [3.05, 3.63) is 120 Å². The van der Waals surface area contributed by atoms with E-state index < -0.39 is 17.8 Å². The number of halogens is 1. The molecule has 1 rings (SSSR count). The molecule has 1 aromatic carbocycles. The van der Waals surface area contributed by atoms with Gasteiger partial charge in [-0.25, -0.2) is 4.79 Å². The standard InChI is InChI=1S/C29H34ClNO3/c1-7-10-13-20(4)26(23(9-3)14-11-8-2)17-18-31-28(32)21(5)27(22(6)29(33)34)24-15-12-16-25(30)19-24/h8-16,19,26-27H,2,4-7,17-18H2,1,3H3,(H,31,32)(H,33,34)/b13-10-,14-11-,23-9+. The predicted molar refractivity (Wildman–Crippen MR) is 143 cm³/mol. The Labute approximate surface area is 208 Å². The Hall–Kier alpha value is -3.37. The van der Waals surface area contributed by atoms with Crippen LogP contribution in [0.2, 0.25) is 5.02 Å². The van der Waals surface area contributed by atoms with Gasteiger partial charge in [-0.1, -0.05) is 93.4 Å². The Morgan fingerprint density at radius 3 is 2.44 bits per heavy atom. The quantitative estimate of drug-likeness (QED) is 0.224. The molecule has 1 aromatic rings. The zero-order valence-corrected chi connectivity index (χ0v) is 20.8. The molecule has 2 atom stereocenters. The molecule has 4 nitrogen and oxygen atoms in total. The van der Waals surface area contributed by atoms with E-state index in [1.54, 1.807) is 30.3 Å². The molecule has 1 amide bonds. The van der Waals surface area contributed by atoms with Gasteiger partial charge in [0.1, 0.15) is 0 Å². The van der Waals surface area contributed by atoms with Gasteiger partial charge in [-0.2, -0.15) is 0 Å². The first kappa shape index (κ1) is 28.7. The summed E-state index contributed by atoms with van der Waals surface area (Å²) in [7, 11) is 0. The van der Waals surface area contributed by atoms with Crippen LogP contribution >= 0.6 is 11.6 Å². The molecule has 5 heteroatoms. The molecule has 0 saturated heterocycles. The first-order valence-electron chi connectivity index (χ1n) is 11.1. The molecule has 0 aromatic heterocycles. The second-order valence-corrected chi connectivity index (χ2v) is 8.15. The van der Waals surface area contributed by atoms with Gasteiger partial charge in [0.2, 0.25) is 5.91 Å². The summed E-state index contributed by atoms with van der Waals surface area (Å²) < 4.78 is 0. The highest BCUT2D eigenvalue weighted by atomic mass is 35.5. The molecule has 0 aliphatic rings. The van der Waals surface area contributed by atoms with Crippen molar-refractivity contribution in [1.82, 2.24) is 5.32 Å². The number of rotatable bonds is 14. The van der Waals surface area contributed by atoms with Gasteiger partial charge in [0.25, 0.3) is 0 Å². The maximum absolute atomic E-state index is 12.9. The number of carboxylic acid groups (broad SMARTS) is 1. The Morgan fingerprint density at radius 1 is 1.18 bits per heavy atom. The zero-order chi connectivity index (χ0) is 25.7. The SMILES string of the molecule is C=C/C=C\C(=C/C)C(CCNC(=O)C(=C)C(C(=C)C(=O)O)c1cccc(Cl)c1)C(=C)/C=C\CC. The average Bonchev–Trinajstić information content (AvgIpc) is 2.81. The molecule has 0 spiro atoms. The molecule has 2 unspecified atom stereocenters. The van der Waals surface area contributed by atoms with E-state index in [0.717, 1.165) is 17.6 Å². The summed E-state index contributed by atoms with van der Waals surface area (Å²) >= 11 is 6.08. The van der Waals surface area contributed by atoms with Gasteiger partial charge in [0, 0.05) is 34.5 Å². The highest BCUT2D eigenvalue weighted by Gasteiger charge is 2.27. The molecule has 0 saturated carbocycles. The van der Waals surface area contributed by atoms with E-state index in [4.69, 9.17) is 11.6 Å². The van der Waals surface area contributed by atoms with Crippen molar-refractivity contribution in [2.24, 2.45) is 5.92 Å². The van der Waals surface area contributed by atoms with E-state index in [1.807, 2.05) is 37.3 Å². The topological polar surface area (TPSA) is 66.4 Å². The van der Waals surface area contributed by atoms with Crippen molar-refractivity contribution >= 4 is 23.5 Å². The van der Waals surface area contributed by atoms with Crippen LogP contribution in [0.5, 0.6) is 0 Å². The summed E-state index contributed by atoms with van der Waals surface area (Å²) in [6, 6.07) is 6.69. The number of aliphatic carboxylic acids is 1. The van der Waals surface area contributed by atoms with Crippen LogP contribution in [0.4, 0.5) is 0 Å². The summed E-state index contributed by atoms with van der Waals surface area (Å²) in [6.45, 7) is 19.9. The highest BCUT2D eigenvalue weighted by molar-refractivity contribution is 6.30. The minimum Gasteiger partial charge on any atom is -0.478 e. The number of allylic oxidation sites excluding steroid dienone is 8. The van der Waals surface area contributed by atoms with E-state index in [0.29, 0.717) is 23.6 Å². The second kappa shape index (κ2) is 14.7. The normalized spacial score (nSPS) is 13.4. The van der Waals surface area contributed by atoms with Crippen LogP contribution in [0, 0.1) is 5.92 Å².